The summed E-state index contributed by atoms with van der Waals surface area (Å²) in [4.78, 5) is 18.0. The lowest BCUT2D eigenvalue weighted by Gasteiger charge is -2.46. The number of nitrogens with zero attached hydrogens (tertiary/aromatic N) is 5. The molecule has 268 valence electrons. The van der Waals surface area contributed by atoms with Crippen molar-refractivity contribution < 1.29 is 0 Å². The molecule has 0 atom stereocenters. The van der Waals surface area contributed by atoms with Crippen molar-refractivity contribution in [1.29, 1.82) is 0 Å². The van der Waals surface area contributed by atoms with Gasteiger partial charge in [-0.2, -0.15) is 9.97 Å². The van der Waals surface area contributed by atoms with Gasteiger partial charge in [-0.15, -0.1) is 0 Å². The average Bonchev–Trinajstić information content (AvgIpc) is 3.64. The van der Waals surface area contributed by atoms with Crippen molar-refractivity contribution >= 4 is 38.9 Å². The molecule has 0 unspecified atom stereocenters. The lowest BCUT2D eigenvalue weighted by Crippen LogP contribution is -2.37. The van der Waals surface area contributed by atoms with Crippen LogP contribution in [0, 0.1) is 0 Å². The van der Waals surface area contributed by atoms with Crippen molar-refractivity contribution in [2.24, 2.45) is 0 Å². The predicted octanol–water partition coefficient (Wildman–Crippen LogP) is 12.5. The number of fused-ring (bicyclic) bond motifs is 6. The molecule has 0 bridgehead atoms. The van der Waals surface area contributed by atoms with Gasteiger partial charge in [0.1, 0.15) is 0 Å². The number of hydrogen-bond donors (Lipinski definition) is 0. The van der Waals surface area contributed by atoms with Crippen LogP contribution in [-0.4, -0.2) is 19.5 Å². The molecule has 0 N–H and O–H groups in total. The van der Waals surface area contributed by atoms with Crippen molar-refractivity contribution in [2.75, 3.05) is 4.90 Å². The van der Waals surface area contributed by atoms with Crippen LogP contribution in [0.5, 0.6) is 0 Å². The number of anilines is 3. The van der Waals surface area contributed by atoms with Crippen LogP contribution in [0.3, 0.4) is 0 Å². The van der Waals surface area contributed by atoms with Gasteiger partial charge in [0.25, 0.3) is 0 Å². The zero-order chi connectivity index (χ0) is 37.8. The Balaban J connectivity index is 1.30. The highest BCUT2D eigenvalue weighted by molar-refractivity contribution is 6.18. The summed E-state index contributed by atoms with van der Waals surface area (Å²) in [5.74, 6) is 1.81. The van der Waals surface area contributed by atoms with Crippen LogP contribution in [-0.2, 0) is 5.41 Å². The van der Waals surface area contributed by atoms with E-state index in [-0.39, 0.29) is 0 Å². The summed E-state index contributed by atoms with van der Waals surface area (Å²) in [6, 6.07) is 75.2. The van der Waals surface area contributed by atoms with Gasteiger partial charge >= 0.3 is 0 Å². The van der Waals surface area contributed by atoms with E-state index >= 15 is 0 Å². The molecule has 57 heavy (non-hydrogen) atoms. The van der Waals surface area contributed by atoms with E-state index in [4.69, 9.17) is 15.0 Å². The number of hydrogen-bond acceptors (Lipinski definition) is 4. The standard InChI is InChI=1S/C52H35N5/c1-6-20-36(21-7-1)49-53-50(37-22-8-2-9-23-37)55-51(54-49)57-44-32-18-16-30-41(44)47-46(57)35-34-43-48(47)56(40-28-14-5-15-29-40)45-33-19-17-31-42(45)52(43,38-24-10-3-11-25-38)39-26-12-4-13-27-39/h1-35H. The second-order valence-corrected chi connectivity index (χ2v) is 14.4. The van der Waals surface area contributed by atoms with Gasteiger partial charge in [0.15, 0.2) is 11.6 Å². The van der Waals surface area contributed by atoms with Crippen molar-refractivity contribution in [2.45, 2.75) is 5.41 Å². The smallest absolute Gasteiger partial charge is 0.238 e. The van der Waals surface area contributed by atoms with Crippen LogP contribution in [0.25, 0.3) is 50.5 Å². The molecular weight excluding hydrogens is 695 g/mol. The Morgan fingerprint density at radius 2 is 0.895 bits per heavy atom. The quantitative estimate of drug-likeness (QED) is 0.171. The molecule has 0 spiro atoms. The lowest BCUT2D eigenvalue weighted by atomic mass is 9.62. The highest BCUT2D eigenvalue weighted by Crippen LogP contribution is 2.60. The highest BCUT2D eigenvalue weighted by Gasteiger charge is 2.47. The van der Waals surface area contributed by atoms with Crippen molar-refractivity contribution in [3.63, 3.8) is 0 Å². The Morgan fingerprint density at radius 1 is 0.386 bits per heavy atom. The molecule has 0 saturated heterocycles. The van der Waals surface area contributed by atoms with Crippen LogP contribution >= 0.6 is 0 Å². The van der Waals surface area contributed by atoms with Gasteiger partial charge in [-0.05, 0) is 52.6 Å². The Morgan fingerprint density at radius 3 is 1.51 bits per heavy atom. The molecule has 1 aliphatic heterocycles. The summed E-state index contributed by atoms with van der Waals surface area (Å²) >= 11 is 0. The fourth-order valence-corrected chi connectivity index (χ4v) is 8.95. The van der Waals surface area contributed by atoms with E-state index in [0.717, 1.165) is 50.0 Å². The normalized spacial score (nSPS) is 13.0. The fourth-order valence-electron chi connectivity index (χ4n) is 8.95. The molecule has 0 aliphatic carbocycles. The van der Waals surface area contributed by atoms with E-state index in [9.17, 15) is 0 Å². The molecule has 0 saturated carbocycles. The summed E-state index contributed by atoms with van der Waals surface area (Å²) in [5.41, 5.74) is 11.4. The Bertz CT molecular complexity index is 2960. The van der Waals surface area contributed by atoms with Crippen LogP contribution < -0.4 is 4.90 Å². The lowest BCUT2D eigenvalue weighted by molar-refractivity contribution is 0.733. The van der Waals surface area contributed by atoms with Crippen molar-refractivity contribution in [3.05, 3.63) is 235 Å². The second kappa shape index (κ2) is 13.3. The van der Waals surface area contributed by atoms with Gasteiger partial charge in [0, 0.05) is 27.6 Å². The Labute approximate surface area is 330 Å². The fraction of sp³-hybridized carbons (Fsp3) is 0.0192. The third kappa shape index (κ3) is 5.06. The van der Waals surface area contributed by atoms with E-state index in [0.29, 0.717) is 17.6 Å². The maximum Gasteiger partial charge on any atom is 0.238 e. The van der Waals surface area contributed by atoms with Gasteiger partial charge in [0.2, 0.25) is 5.95 Å². The second-order valence-electron chi connectivity index (χ2n) is 14.4. The third-order valence-electron chi connectivity index (χ3n) is 11.3. The van der Waals surface area contributed by atoms with E-state index < -0.39 is 5.41 Å². The molecule has 3 heterocycles. The van der Waals surface area contributed by atoms with Gasteiger partial charge in [-0.3, -0.25) is 4.57 Å². The summed E-state index contributed by atoms with van der Waals surface area (Å²) in [5, 5.41) is 2.24. The molecule has 1 aliphatic rings. The molecule has 11 rings (SSSR count). The summed E-state index contributed by atoms with van der Waals surface area (Å²) < 4.78 is 2.22. The monoisotopic (exact) mass is 729 g/mol. The first-order valence-corrected chi connectivity index (χ1v) is 19.3. The maximum absolute atomic E-state index is 5.25. The highest BCUT2D eigenvalue weighted by atomic mass is 15.2. The molecule has 5 heteroatoms. The van der Waals surface area contributed by atoms with Gasteiger partial charge in [0.05, 0.1) is 27.8 Å². The van der Waals surface area contributed by atoms with Crippen LogP contribution in [0.2, 0.25) is 0 Å². The zero-order valence-corrected chi connectivity index (χ0v) is 30.9. The first-order valence-electron chi connectivity index (χ1n) is 19.3. The maximum atomic E-state index is 5.25. The molecule has 5 nitrogen and oxygen atoms in total. The van der Waals surface area contributed by atoms with Crippen LogP contribution in [0.1, 0.15) is 22.3 Å². The number of benzene rings is 8. The van der Waals surface area contributed by atoms with Crippen LogP contribution in [0.15, 0.2) is 212 Å². The minimum atomic E-state index is -0.634. The summed E-state index contributed by atoms with van der Waals surface area (Å²) in [6.07, 6.45) is 0. The number of rotatable bonds is 6. The summed E-state index contributed by atoms with van der Waals surface area (Å²) in [7, 11) is 0. The first-order chi connectivity index (χ1) is 28.3. The molecule has 0 amide bonds. The Hall–Kier alpha value is -7.63. The largest absolute Gasteiger partial charge is 0.309 e. The molecule has 0 fully saturated rings. The van der Waals surface area contributed by atoms with Gasteiger partial charge in [-0.1, -0.05) is 182 Å². The molecule has 0 radical (unpaired) electrons. The van der Waals surface area contributed by atoms with E-state index in [1.54, 1.807) is 0 Å². The number of para-hydroxylation sites is 3. The van der Waals surface area contributed by atoms with E-state index in [1.807, 2.05) is 36.4 Å². The number of aromatic nitrogens is 4. The molecule has 2 aromatic heterocycles. The van der Waals surface area contributed by atoms with Crippen molar-refractivity contribution in [1.82, 2.24) is 19.5 Å². The van der Waals surface area contributed by atoms with Crippen molar-refractivity contribution in [3.8, 4) is 28.7 Å². The minimum Gasteiger partial charge on any atom is -0.309 e. The topological polar surface area (TPSA) is 46.8 Å². The van der Waals surface area contributed by atoms with Crippen LogP contribution in [0.4, 0.5) is 17.1 Å². The summed E-state index contributed by atoms with van der Waals surface area (Å²) in [6.45, 7) is 0. The zero-order valence-electron chi connectivity index (χ0n) is 30.9. The Kier molecular flexibility index (Phi) is 7.64. The van der Waals surface area contributed by atoms with Gasteiger partial charge in [-0.25, -0.2) is 4.98 Å². The SMILES string of the molecule is c1ccc(-c2nc(-c3ccccc3)nc(-n3c4ccccc4c4c5c(ccc43)C(c3ccccc3)(c3ccccc3)c3ccccc3N5c3ccccc3)n2)cc1. The first kappa shape index (κ1) is 32.8. The molecule has 10 aromatic rings. The third-order valence-corrected chi connectivity index (χ3v) is 11.3. The predicted molar refractivity (Wildman–Crippen MR) is 232 cm³/mol. The van der Waals surface area contributed by atoms with E-state index in [2.05, 4.69) is 185 Å². The van der Waals surface area contributed by atoms with Gasteiger partial charge < -0.3 is 4.90 Å². The molecular formula is C52H35N5. The minimum absolute atomic E-state index is 0.564. The van der Waals surface area contributed by atoms with E-state index in [1.165, 1.54) is 22.3 Å². The average molecular weight is 730 g/mol. The molecule has 8 aromatic carbocycles.